The average molecular weight is 316 g/mol. The van der Waals surface area contributed by atoms with Gasteiger partial charge in [-0.15, -0.1) is 0 Å². The number of carbonyl (C=O) groups is 1. The third kappa shape index (κ3) is 3.50. The van der Waals surface area contributed by atoms with Crippen molar-refractivity contribution in [3.8, 4) is 5.75 Å². The fraction of sp³-hybridized carbons (Fsp3) is 0.438. The number of likely N-dealkylation sites (N-methyl/N-ethyl adjacent to an activating group) is 1. The molecule has 1 aliphatic rings. The summed E-state index contributed by atoms with van der Waals surface area (Å²) in [5, 5.41) is 4.40. The summed E-state index contributed by atoms with van der Waals surface area (Å²) in [5.74, 6) is 0.710. The molecular weight excluding hydrogens is 296 g/mol. The van der Waals surface area contributed by atoms with E-state index < -0.39 is 0 Å². The van der Waals surface area contributed by atoms with E-state index in [-0.39, 0.29) is 12.0 Å². The highest BCUT2D eigenvalue weighted by molar-refractivity contribution is 5.92. The van der Waals surface area contributed by atoms with Crippen molar-refractivity contribution in [1.82, 2.24) is 19.7 Å². The molecule has 2 aromatic rings. The Morgan fingerprint density at radius 3 is 2.91 bits per heavy atom. The van der Waals surface area contributed by atoms with Gasteiger partial charge in [-0.1, -0.05) is 0 Å². The predicted octanol–water partition coefficient (Wildman–Crippen LogP) is 1.00. The van der Waals surface area contributed by atoms with Gasteiger partial charge in [-0.3, -0.25) is 14.5 Å². The number of hydrogen-bond acceptors (Lipinski definition) is 5. The van der Waals surface area contributed by atoms with E-state index in [0.29, 0.717) is 25.4 Å². The Kier molecular flexibility index (Phi) is 4.57. The maximum Gasteiger partial charge on any atom is 0.274 e. The first-order valence-corrected chi connectivity index (χ1v) is 7.55. The quantitative estimate of drug-likeness (QED) is 0.795. The van der Waals surface area contributed by atoms with E-state index in [1.54, 1.807) is 31.5 Å². The second-order valence-electron chi connectivity index (χ2n) is 5.55. The second kappa shape index (κ2) is 6.78. The molecule has 3 rings (SSSR count). The van der Waals surface area contributed by atoms with Gasteiger partial charge >= 0.3 is 0 Å². The summed E-state index contributed by atoms with van der Waals surface area (Å²) in [6, 6.07) is 5.52. The zero-order valence-electron chi connectivity index (χ0n) is 13.3. The number of pyridine rings is 1. The molecule has 0 saturated heterocycles. The highest BCUT2D eigenvalue weighted by Crippen LogP contribution is 2.21. The van der Waals surface area contributed by atoms with Crippen LogP contribution in [-0.2, 0) is 17.7 Å². The summed E-state index contributed by atoms with van der Waals surface area (Å²) in [7, 11) is 3.37. The molecule has 0 spiro atoms. The van der Waals surface area contributed by atoms with Gasteiger partial charge in [0, 0.05) is 45.2 Å². The number of rotatable bonds is 6. The van der Waals surface area contributed by atoms with Gasteiger partial charge < -0.3 is 14.4 Å². The minimum atomic E-state index is -0.0875. The highest BCUT2D eigenvalue weighted by atomic mass is 16.5. The van der Waals surface area contributed by atoms with Crippen molar-refractivity contribution in [3.63, 3.8) is 0 Å². The summed E-state index contributed by atoms with van der Waals surface area (Å²) in [6.45, 7) is 1.70. The molecule has 1 atom stereocenters. The van der Waals surface area contributed by atoms with Crippen molar-refractivity contribution in [2.75, 3.05) is 27.3 Å². The van der Waals surface area contributed by atoms with Crippen molar-refractivity contribution >= 4 is 5.91 Å². The molecule has 2 aromatic heterocycles. The molecule has 0 radical (unpaired) electrons. The Morgan fingerprint density at radius 2 is 2.22 bits per heavy atom. The van der Waals surface area contributed by atoms with E-state index in [0.717, 1.165) is 17.9 Å². The van der Waals surface area contributed by atoms with Crippen LogP contribution in [0.4, 0.5) is 0 Å². The first-order chi connectivity index (χ1) is 11.2. The van der Waals surface area contributed by atoms with Crippen LogP contribution in [0.1, 0.15) is 16.2 Å². The lowest BCUT2D eigenvalue weighted by Gasteiger charge is -2.15. The molecule has 122 valence electrons. The lowest BCUT2D eigenvalue weighted by Crippen LogP contribution is -2.30. The molecule has 0 saturated carbocycles. The molecule has 0 aliphatic carbocycles. The molecule has 0 unspecified atom stereocenters. The van der Waals surface area contributed by atoms with Crippen LogP contribution in [0.3, 0.4) is 0 Å². The second-order valence-corrected chi connectivity index (χ2v) is 5.55. The highest BCUT2D eigenvalue weighted by Gasteiger charge is 2.27. The number of hydrogen-bond donors (Lipinski definition) is 0. The maximum atomic E-state index is 12.3. The minimum Gasteiger partial charge on any atom is -0.488 e. The van der Waals surface area contributed by atoms with E-state index in [9.17, 15) is 4.79 Å². The van der Waals surface area contributed by atoms with Crippen molar-refractivity contribution < 1.29 is 14.3 Å². The lowest BCUT2D eigenvalue weighted by atomic mass is 10.2. The SMILES string of the molecule is COCCN(C)C(=O)c1cc2n(n1)C[C@@H](Oc1ccncc1)C2. The predicted molar refractivity (Wildman–Crippen MR) is 83.4 cm³/mol. The molecule has 23 heavy (non-hydrogen) atoms. The molecule has 0 N–H and O–H groups in total. The smallest absolute Gasteiger partial charge is 0.274 e. The topological polar surface area (TPSA) is 69.5 Å². The van der Waals surface area contributed by atoms with Gasteiger partial charge in [0.1, 0.15) is 11.9 Å². The summed E-state index contributed by atoms with van der Waals surface area (Å²) in [5.41, 5.74) is 1.49. The number of methoxy groups -OCH3 is 1. The molecule has 0 aromatic carbocycles. The van der Waals surface area contributed by atoms with Gasteiger partial charge in [-0.2, -0.15) is 5.10 Å². The van der Waals surface area contributed by atoms with Gasteiger partial charge in [0.25, 0.3) is 5.91 Å². The van der Waals surface area contributed by atoms with E-state index in [4.69, 9.17) is 9.47 Å². The third-order valence-corrected chi connectivity index (χ3v) is 3.83. The summed E-state index contributed by atoms with van der Waals surface area (Å²) < 4.78 is 12.7. The molecule has 1 amide bonds. The van der Waals surface area contributed by atoms with Crippen molar-refractivity contribution in [2.45, 2.75) is 19.1 Å². The normalized spacial score (nSPS) is 16.2. The monoisotopic (exact) mass is 316 g/mol. The summed E-state index contributed by atoms with van der Waals surface area (Å²) >= 11 is 0. The fourth-order valence-corrected chi connectivity index (χ4v) is 2.59. The van der Waals surface area contributed by atoms with Gasteiger partial charge in [0.05, 0.1) is 13.2 Å². The van der Waals surface area contributed by atoms with E-state index in [1.165, 1.54) is 0 Å². The minimum absolute atomic E-state index is 0.0373. The fourth-order valence-electron chi connectivity index (χ4n) is 2.59. The van der Waals surface area contributed by atoms with Gasteiger partial charge in [0.2, 0.25) is 0 Å². The van der Waals surface area contributed by atoms with Gasteiger partial charge in [-0.05, 0) is 18.2 Å². The summed E-state index contributed by atoms with van der Waals surface area (Å²) in [4.78, 5) is 17.9. The number of carbonyl (C=O) groups excluding carboxylic acids is 1. The van der Waals surface area contributed by atoms with Crippen LogP contribution < -0.4 is 4.74 Å². The maximum absolute atomic E-state index is 12.3. The Morgan fingerprint density at radius 1 is 1.43 bits per heavy atom. The molecule has 1 aliphatic heterocycles. The van der Waals surface area contributed by atoms with Crippen LogP contribution in [0.2, 0.25) is 0 Å². The number of nitrogens with zero attached hydrogens (tertiary/aromatic N) is 4. The first kappa shape index (κ1) is 15.5. The third-order valence-electron chi connectivity index (χ3n) is 3.83. The number of aromatic nitrogens is 3. The van der Waals surface area contributed by atoms with Crippen LogP contribution in [0.15, 0.2) is 30.6 Å². The Labute approximate surface area is 134 Å². The van der Waals surface area contributed by atoms with E-state index in [1.807, 2.05) is 22.9 Å². The molecule has 0 fully saturated rings. The van der Waals surface area contributed by atoms with Gasteiger partial charge in [-0.25, -0.2) is 0 Å². The van der Waals surface area contributed by atoms with Crippen LogP contribution in [0, 0.1) is 0 Å². The molecular formula is C16H20N4O3. The van der Waals surface area contributed by atoms with Crippen molar-refractivity contribution in [1.29, 1.82) is 0 Å². The van der Waals surface area contributed by atoms with Crippen LogP contribution >= 0.6 is 0 Å². The largest absolute Gasteiger partial charge is 0.488 e. The zero-order valence-corrected chi connectivity index (χ0v) is 13.3. The van der Waals surface area contributed by atoms with Crippen LogP contribution in [-0.4, -0.2) is 59.0 Å². The van der Waals surface area contributed by atoms with Crippen LogP contribution in [0.5, 0.6) is 5.75 Å². The van der Waals surface area contributed by atoms with Gasteiger partial charge in [0.15, 0.2) is 5.69 Å². The number of fused-ring (bicyclic) bond motifs is 1. The summed E-state index contributed by atoms with van der Waals surface area (Å²) in [6.07, 6.45) is 4.19. The number of amides is 1. The Bertz CT molecular complexity index is 648. The first-order valence-electron chi connectivity index (χ1n) is 7.55. The van der Waals surface area contributed by atoms with E-state index in [2.05, 4.69) is 10.1 Å². The molecule has 3 heterocycles. The van der Waals surface area contributed by atoms with Crippen LogP contribution in [0.25, 0.3) is 0 Å². The molecule has 7 nitrogen and oxygen atoms in total. The molecule has 7 heteroatoms. The van der Waals surface area contributed by atoms with E-state index >= 15 is 0 Å². The molecule has 0 bridgehead atoms. The van der Waals surface area contributed by atoms with Crippen molar-refractivity contribution in [3.05, 3.63) is 42.0 Å². The Hall–Kier alpha value is -2.41. The standard InChI is InChI=1S/C16H20N4O3/c1-19(7-8-22-2)16(21)15-10-12-9-14(11-20(12)18-15)23-13-3-5-17-6-4-13/h3-6,10,14H,7-9,11H2,1-2H3/t14-/m0/s1. The zero-order chi connectivity index (χ0) is 16.2. The lowest BCUT2D eigenvalue weighted by molar-refractivity contribution is 0.0737. The van der Waals surface area contributed by atoms with Crippen molar-refractivity contribution in [2.24, 2.45) is 0 Å². The number of ether oxygens (including phenoxy) is 2. The average Bonchev–Trinajstić information content (AvgIpc) is 3.11. The Balaban J connectivity index is 1.61.